The molecule has 25 heavy (non-hydrogen) atoms. The van der Waals surface area contributed by atoms with Gasteiger partial charge in [-0.15, -0.1) is 18.3 Å². The first-order valence-electron chi connectivity index (χ1n) is 8.19. The van der Waals surface area contributed by atoms with Crippen LogP contribution in [0.4, 0.5) is 0 Å². The zero-order chi connectivity index (χ0) is 18.2. The van der Waals surface area contributed by atoms with Crippen LogP contribution in [0.15, 0.2) is 66.1 Å². The van der Waals surface area contributed by atoms with Gasteiger partial charge in [-0.3, -0.25) is 4.79 Å². The molecule has 3 nitrogen and oxygen atoms in total. The van der Waals surface area contributed by atoms with Gasteiger partial charge >= 0.3 is 0 Å². The Morgan fingerprint density at radius 2 is 1.84 bits per heavy atom. The first-order chi connectivity index (χ1) is 12.0. The van der Waals surface area contributed by atoms with Crippen molar-refractivity contribution in [3.8, 4) is 6.07 Å². The first-order valence-corrected chi connectivity index (χ1v) is 9.07. The molecule has 2 aromatic carbocycles. The fraction of sp³-hybridized carbons (Fsp3) is 0.238. The molecule has 0 fully saturated rings. The molecule has 0 bridgehead atoms. The Morgan fingerprint density at radius 1 is 1.20 bits per heavy atom. The second kappa shape index (κ2) is 9.10. The predicted molar refractivity (Wildman–Crippen MR) is 104 cm³/mol. The van der Waals surface area contributed by atoms with E-state index >= 15 is 0 Å². The summed E-state index contributed by atoms with van der Waals surface area (Å²) in [6.45, 7) is 9.00. The highest BCUT2D eigenvalue weighted by atomic mass is 32.2. The molecule has 0 aromatic heterocycles. The van der Waals surface area contributed by atoms with E-state index in [4.69, 9.17) is 5.26 Å². The summed E-state index contributed by atoms with van der Waals surface area (Å²) in [7, 11) is 0. The minimum absolute atomic E-state index is 0.0228. The number of hydrogen-bond acceptors (Lipinski definition) is 3. The van der Waals surface area contributed by atoms with Gasteiger partial charge in [0.25, 0.3) is 5.91 Å². The first kappa shape index (κ1) is 18.8. The molecular weight excluding hydrogens is 328 g/mol. The number of thioether (sulfide) groups is 1. The van der Waals surface area contributed by atoms with Gasteiger partial charge in [0.15, 0.2) is 0 Å². The summed E-state index contributed by atoms with van der Waals surface area (Å²) in [5.74, 6) is -0.0228. The van der Waals surface area contributed by atoms with Crippen molar-refractivity contribution in [2.75, 3.05) is 6.54 Å². The molecule has 0 saturated carbocycles. The van der Waals surface area contributed by atoms with Crippen LogP contribution in [0.3, 0.4) is 0 Å². The molecule has 0 aliphatic rings. The number of rotatable bonds is 7. The Morgan fingerprint density at radius 3 is 2.36 bits per heavy atom. The van der Waals surface area contributed by atoms with Crippen LogP contribution in [0.2, 0.25) is 0 Å². The van der Waals surface area contributed by atoms with Gasteiger partial charge in [-0.05, 0) is 42.0 Å². The predicted octanol–water partition coefficient (Wildman–Crippen LogP) is 4.89. The Hall–Kier alpha value is -2.51. The van der Waals surface area contributed by atoms with Gasteiger partial charge in [-0.25, -0.2) is 0 Å². The van der Waals surface area contributed by atoms with Crippen molar-refractivity contribution >= 4 is 17.7 Å². The van der Waals surface area contributed by atoms with Crippen molar-refractivity contribution < 1.29 is 4.79 Å². The van der Waals surface area contributed by atoms with Gasteiger partial charge in [-0.2, -0.15) is 5.26 Å². The lowest BCUT2D eigenvalue weighted by atomic mass is 10.1. The Balaban J connectivity index is 2.13. The van der Waals surface area contributed by atoms with Crippen molar-refractivity contribution in [1.29, 1.82) is 5.26 Å². The lowest BCUT2D eigenvalue weighted by molar-refractivity contribution is 0.0762. The van der Waals surface area contributed by atoms with Crippen molar-refractivity contribution in [2.24, 2.45) is 0 Å². The maximum absolute atomic E-state index is 12.8. The average molecular weight is 350 g/mol. The van der Waals surface area contributed by atoms with Gasteiger partial charge in [0.05, 0.1) is 11.6 Å². The van der Waals surface area contributed by atoms with Crippen molar-refractivity contribution in [3.63, 3.8) is 0 Å². The highest BCUT2D eigenvalue weighted by molar-refractivity contribution is 7.99. The van der Waals surface area contributed by atoms with Crippen LogP contribution < -0.4 is 0 Å². The Labute approximate surface area is 154 Å². The minimum atomic E-state index is -0.0228. The van der Waals surface area contributed by atoms with E-state index in [0.29, 0.717) is 29.5 Å². The summed E-state index contributed by atoms with van der Waals surface area (Å²) < 4.78 is 0. The van der Waals surface area contributed by atoms with Gasteiger partial charge in [-0.1, -0.05) is 32.1 Å². The topological polar surface area (TPSA) is 44.1 Å². The molecule has 0 atom stereocenters. The molecule has 2 rings (SSSR count). The van der Waals surface area contributed by atoms with Crippen LogP contribution in [0, 0.1) is 11.3 Å². The van der Waals surface area contributed by atoms with Crippen LogP contribution >= 0.6 is 11.8 Å². The number of benzene rings is 2. The van der Waals surface area contributed by atoms with Crippen molar-refractivity contribution in [3.05, 3.63) is 77.9 Å². The molecule has 0 spiro atoms. The molecule has 4 heteroatoms. The molecule has 0 radical (unpaired) electrons. The smallest absolute Gasteiger partial charge is 0.254 e. The van der Waals surface area contributed by atoms with Crippen molar-refractivity contribution in [1.82, 2.24) is 4.90 Å². The Kier molecular flexibility index (Phi) is 6.85. The van der Waals surface area contributed by atoms with Gasteiger partial charge in [0.1, 0.15) is 0 Å². The summed E-state index contributed by atoms with van der Waals surface area (Å²) in [4.78, 5) is 15.7. The molecule has 0 heterocycles. The zero-order valence-electron chi connectivity index (χ0n) is 14.6. The number of nitrogens with zero attached hydrogens (tertiary/aromatic N) is 2. The van der Waals surface area contributed by atoms with Crippen LogP contribution in [0.25, 0.3) is 0 Å². The maximum atomic E-state index is 12.8. The molecule has 0 N–H and O–H groups in total. The molecular formula is C21H22N2OS. The molecule has 2 aromatic rings. The molecule has 0 saturated heterocycles. The SMILES string of the molecule is C=CCN(Cc1ccc(C#N)cc1)C(=O)c1ccc(SC(C)C)cc1. The molecule has 0 aliphatic heterocycles. The second-order valence-electron chi connectivity index (χ2n) is 5.97. The minimum Gasteiger partial charge on any atom is -0.331 e. The highest BCUT2D eigenvalue weighted by Crippen LogP contribution is 2.23. The summed E-state index contributed by atoms with van der Waals surface area (Å²) in [5, 5.41) is 9.39. The number of amides is 1. The fourth-order valence-electron chi connectivity index (χ4n) is 2.41. The van der Waals surface area contributed by atoms with E-state index in [1.54, 1.807) is 34.9 Å². The third-order valence-electron chi connectivity index (χ3n) is 3.57. The van der Waals surface area contributed by atoms with Crippen LogP contribution in [-0.2, 0) is 6.54 Å². The lowest BCUT2D eigenvalue weighted by Crippen LogP contribution is -2.30. The third-order valence-corrected chi connectivity index (χ3v) is 4.58. The second-order valence-corrected chi connectivity index (χ2v) is 7.62. The Bertz CT molecular complexity index is 758. The van der Waals surface area contributed by atoms with E-state index in [9.17, 15) is 4.79 Å². The van der Waals surface area contributed by atoms with E-state index in [2.05, 4.69) is 26.5 Å². The largest absolute Gasteiger partial charge is 0.331 e. The van der Waals surface area contributed by atoms with Gasteiger partial charge < -0.3 is 4.90 Å². The van der Waals surface area contributed by atoms with E-state index in [0.717, 1.165) is 10.5 Å². The number of nitriles is 1. The molecule has 0 unspecified atom stereocenters. The normalized spacial score (nSPS) is 10.3. The average Bonchev–Trinajstić information content (AvgIpc) is 2.61. The monoisotopic (exact) mass is 350 g/mol. The standard InChI is InChI=1S/C21H22N2OS/c1-4-13-23(15-18-7-5-17(14-22)6-8-18)21(24)19-9-11-20(12-10-19)25-16(2)3/h4-12,16H,1,13,15H2,2-3H3. The maximum Gasteiger partial charge on any atom is 0.254 e. The van der Waals surface area contributed by atoms with Crippen LogP contribution in [0.1, 0.15) is 35.3 Å². The van der Waals surface area contributed by atoms with Gasteiger partial charge in [0.2, 0.25) is 0 Å². The summed E-state index contributed by atoms with van der Waals surface area (Å²) in [6.07, 6.45) is 1.73. The van der Waals surface area contributed by atoms with E-state index < -0.39 is 0 Å². The highest BCUT2D eigenvalue weighted by Gasteiger charge is 2.15. The van der Waals surface area contributed by atoms with E-state index in [-0.39, 0.29) is 5.91 Å². The van der Waals surface area contributed by atoms with E-state index in [1.807, 2.05) is 36.4 Å². The zero-order valence-corrected chi connectivity index (χ0v) is 15.4. The molecule has 0 aliphatic carbocycles. The fourth-order valence-corrected chi connectivity index (χ4v) is 3.25. The molecule has 1 amide bonds. The summed E-state index contributed by atoms with van der Waals surface area (Å²) in [6, 6.07) is 17.1. The number of carbonyl (C=O) groups excluding carboxylic acids is 1. The lowest BCUT2D eigenvalue weighted by Gasteiger charge is -2.21. The summed E-state index contributed by atoms with van der Waals surface area (Å²) in [5.41, 5.74) is 2.27. The van der Waals surface area contributed by atoms with Crippen LogP contribution in [0.5, 0.6) is 0 Å². The summed E-state index contributed by atoms with van der Waals surface area (Å²) >= 11 is 1.78. The quantitative estimate of drug-likeness (QED) is 0.528. The molecule has 128 valence electrons. The van der Waals surface area contributed by atoms with E-state index in [1.165, 1.54) is 0 Å². The third kappa shape index (κ3) is 5.51. The van der Waals surface area contributed by atoms with Gasteiger partial charge in [0, 0.05) is 28.8 Å². The number of hydrogen-bond donors (Lipinski definition) is 0. The number of carbonyl (C=O) groups is 1. The van der Waals surface area contributed by atoms with Crippen molar-refractivity contribution in [2.45, 2.75) is 30.5 Å². The van der Waals surface area contributed by atoms with Crippen LogP contribution in [-0.4, -0.2) is 22.6 Å².